The number of hydrogen-bond acceptors (Lipinski definition) is 9. The molecule has 2 aromatic heterocycles. The van der Waals surface area contributed by atoms with Gasteiger partial charge in [0.15, 0.2) is 5.82 Å². The fourth-order valence-electron chi connectivity index (χ4n) is 8.53. The van der Waals surface area contributed by atoms with E-state index in [0.717, 1.165) is 32.2 Å². The zero-order valence-corrected chi connectivity index (χ0v) is 24.6. The van der Waals surface area contributed by atoms with E-state index in [2.05, 4.69) is 26.0 Å². The number of piperazine rings is 1. The molecule has 5 aliphatic heterocycles. The SMILES string of the molecule is C#Cc1cccc2cc(O)cc(-c3nc4c5c(nc(OC[C@@]67CCCN6C[C@@H](F)C7)nc5c3F)N3C[C@H]5CC[C@H](N5)[C@H]3CO4)c12. The van der Waals surface area contributed by atoms with Crippen LogP contribution in [0.4, 0.5) is 14.6 Å². The van der Waals surface area contributed by atoms with Crippen LogP contribution in [-0.2, 0) is 0 Å². The number of aromatic nitrogens is 3. The molecule has 5 aliphatic rings. The summed E-state index contributed by atoms with van der Waals surface area (Å²) in [4.78, 5) is 18.7. The highest BCUT2D eigenvalue weighted by Gasteiger charge is 2.50. The topological polar surface area (TPSA) is 95.9 Å². The van der Waals surface area contributed by atoms with Crippen molar-refractivity contribution in [3.05, 3.63) is 41.7 Å². The van der Waals surface area contributed by atoms with E-state index in [1.165, 1.54) is 6.07 Å². The highest BCUT2D eigenvalue weighted by molar-refractivity contribution is 6.04. The summed E-state index contributed by atoms with van der Waals surface area (Å²) in [6, 6.07) is 8.91. The van der Waals surface area contributed by atoms with E-state index >= 15 is 4.39 Å². The number of alkyl halides is 1. The molecule has 45 heavy (non-hydrogen) atoms. The second kappa shape index (κ2) is 9.86. The van der Waals surface area contributed by atoms with Crippen molar-refractivity contribution in [2.45, 2.75) is 61.9 Å². The Kier molecular flexibility index (Phi) is 5.93. The second-order valence-electron chi connectivity index (χ2n) is 13.1. The van der Waals surface area contributed by atoms with Gasteiger partial charge in [0.1, 0.15) is 47.5 Å². The third-order valence-electron chi connectivity index (χ3n) is 10.5. The summed E-state index contributed by atoms with van der Waals surface area (Å²) in [6.45, 7) is 2.47. The number of phenols is 1. The number of phenolic OH excluding ortho intramolecular Hbond substituents is 1. The summed E-state index contributed by atoms with van der Waals surface area (Å²) in [6.07, 6.45) is 9.21. The summed E-state index contributed by atoms with van der Waals surface area (Å²) >= 11 is 0. The number of aromatic hydroxyl groups is 1. The number of benzene rings is 2. The van der Waals surface area contributed by atoms with Gasteiger partial charge in [-0.1, -0.05) is 18.1 Å². The van der Waals surface area contributed by atoms with Crippen molar-refractivity contribution in [1.29, 1.82) is 0 Å². The van der Waals surface area contributed by atoms with Crippen molar-refractivity contribution in [1.82, 2.24) is 25.2 Å². The molecule has 2 N–H and O–H groups in total. The first kappa shape index (κ1) is 27.1. The fraction of sp³-hybridized carbons (Fsp3) is 0.441. The zero-order chi connectivity index (χ0) is 30.4. The first-order chi connectivity index (χ1) is 21.9. The van der Waals surface area contributed by atoms with Crippen molar-refractivity contribution >= 4 is 27.5 Å². The Bertz CT molecular complexity index is 1930. The Hall–Kier alpha value is -4.27. The number of anilines is 1. The minimum absolute atomic E-state index is 0.0202. The molecule has 230 valence electrons. The Balaban J connectivity index is 1.24. The predicted molar refractivity (Wildman–Crippen MR) is 165 cm³/mol. The van der Waals surface area contributed by atoms with Crippen molar-refractivity contribution in [3.8, 4) is 41.2 Å². The number of rotatable bonds is 4. The van der Waals surface area contributed by atoms with Crippen LogP contribution in [0.3, 0.4) is 0 Å². The maximum Gasteiger partial charge on any atom is 0.319 e. The van der Waals surface area contributed by atoms with Crippen LogP contribution < -0.4 is 19.7 Å². The number of halogens is 2. The molecule has 4 aromatic rings. The molecule has 0 saturated carbocycles. The molecule has 0 unspecified atom stereocenters. The first-order valence-electron chi connectivity index (χ1n) is 15.7. The van der Waals surface area contributed by atoms with Crippen molar-refractivity contribution in [3.63, 3.8) is 0 Å². The second-order valence-corrected chi connectivity index (χ2v) is 13.1. The summed E-state index contributed by atoms with van der Waals surface area (Å²) in [7, 11) is 0. The van der Waals surface area contributed by atoms with Crippen LogP contribution in [0.25, 0.3) is 32.9 Å². The highest BCUT2D eigenvalue weighted by atomic mass is 19.1. The normalized spacial score (nSPS) is 28.5. The van der Waals surface area contributed by atoms with Gasteiger partial charge in [0.05, 0.1) is 11.6 Å². The number of pyridine rings is 1. The third kappa shape index (κ3) is 4.08. The molecule has 5 atom stereocenters. The van der Waals surface area contributed by atoms with E-state index in [0.29, 0.717) is 59.2 Å². The van der Waals surface area contributed by atoms with Crippen molar-refractivity contribution in [2.75, 3.05) is 37.7 Å². The maximum absolute atomic E-state index is 17.0. The van der Waals surface area contributed by atoms with Gasteiger partial charge in [-0.25, -0.2) is 13.8 Å². The average Bonchev–Trinajstić information content (AvgIpc) is 3.67. The standard InChI is InChI=1S/C34H32F2N6O3/c1-2-18-5-3-6-19-11-22(43)12-23(26(18)19)29-28(36)30-27-31(42-15-21-7-8-24(37-21)25(42)16-44-32(27)38-29)40-33(39-30)45-17-34-9-4-10-41(34)14-20(35)13-34/h1,3,5-6,11-12,20-21,24-25,37,43H,4,7-10,13-17H2/t20-,21+,24-,25+,34-/m0/s1. The smallest absolute Gasteiger partial charge is 0.319 e. The monoisotopic (exact) mass is 610 g/mol. The first-order valence-corrected chi connectivity index (χ1v) is 15.7. The summed E-state index contributed by atoms with van der Waals surface area (Å²) < 4.78 is 44.2. The zero-order valence-electron chi connectivity index (χ0n) is 24.6. The molecule has 4 fully saturated rings. The predicted octanol–water partition coefficient (Wildman–Crippen LogP) is 4.33. The molecule has 0 aliphatic carbocycles. The van der Waals surface area contributed by atoms with Crippen molar-refractivity contribution in [2.24, 2.45) is 0 Å². The van der Waals surface area contributed by atoms with E-state index in [1.807, 2.05) is 6.07 Å². The van der Waals surface area contributed by atoms with Gasteiger partial charge in [0, 0.05) is 48.1 Å². The lowest BCUT2D eigenvalue weighted by atomic mass is 9.95. The molecular weight excluding hydrogens is 578 g/mol. The molecule has 9 nitrogen and oxygen atoms in total. The summed E-state index contributed by atoms with van der Waals surface area (Å²) in [5, 5.41) is 16.0. The molecule has 2 bridgehead atoms. The van der Waals surface area contributed by atoms with Gasteiger partial charge < -0.3 is 24.8 Å². The van der Waals surface area contributed by atoms with Crippen LogP contribution in [0, 0.1) is 18.2 Å². The van der Waals surface area contributed by atoms with Gasteiger partial charge in [-0.15, -0.1) is 6.42 Å². The number of terminal acetylenes is 1. The molecule has 0 radical (unpaired) electrons. The summed E-state index contributed by atoms with van der Waals surface area (Å²) in [5.41, 5.74) is 0.457. The molecule has 2 aromatic carbocycles. The van der Waals surface area contributed by atoms with Gasteiger partial charge in [-0.05, 0) is 55.8 Å². The van der Waals surface area contributed by atoms with Crippen LogP contribution in [0.5, 0.6) is 17.6 Å². The lowest BCUT2D eigenvalue weighted by Gasteiger charge is -2.40. The minimum Gasteiger partial charge on any atom is -0.508 e. The number of nitrogens with zero attached hydrogens (tertiary/aromatic N) is 5. The largest absolute Gasteiger partial charge is 0.508 e. The molecule has 7 heterocycles. The lowest BCUT2D eigenvalue weighted by Crippen LogP contribution is -2.60. The molecule has 0 amide bonds. The van der Waals surface area contributed by atoms with Crippen molar-refractivity contribution < 1.29 is 23.4 Å². The summed E-state index contributed by atoms with van der Waals surface area (Å²) in [5.74, 6) is 2.70. The third-order valence-corrected chi connectivity index (χ3v) is 10.5. The Labute approximate surface area is 258 Å². The number of hydrogen-bond donors (Lipinski definition) is 2. The van der Waals surface area contributed by atoms with Crippen LogP contribution in [0.15, 0.2) is 30.3 Å². The van der Waals surface area contributed by atoms with Gasteiger partial charge in [-0.3, -0.25) is 4.90 Å². The van der Waals surface area contributed by atoms with Gasteiger partial charge in [0.2, 0.25) is 5.88 Å². The van der Waals surface area contributed by atoms with E-state index in [4.69, 9.17) is 25.9 Å². The Morgan fingerprint density at radius 2 is 2.09 bits per heavy atom. The fourth-order valence-corrected chi connectivity index (χ4v) is 8.53. The number of nitrogens with one attached hydrogen (secondary N) is 1. The molecule has 11 heteroatoms. The Morgan fingerprint density at radius 3 is 2.98 bits per heavy atom. The van der Waals surface area contributed by atoms with Crippen LogP contribution in [-0.4, -0.2) is 87.6 Å². The maximum atomic E-state index is 17.0. The van der Waals surface area contributed by atoms with Crippen LogP contribution >= 0.6 is 0 Å². The van der Waals surface area contributed by atoms with E-state index in [1.54, 1.807) is 18.2 Å². The molecular formula is C34H32F2N6O3. The minimum atomic E-state index is -0.899. The van der Waals surface area contributed by atoms with E-state index < -0.39 is 17.5 Å². The van der Waals surface area contributed by atoms with Crippen LogP contribution in [0.2, 0.25) is 0 Å². The quantitative estimate of drug-likeness (QED) is 0.328. The molecule has 4 saturated heterocycles. The average molecular weight is 611 g/mol. The van der Waals surface area contributed by atoms with Gasteiger partial charge in [-0.2, -0.15) is 9.97 Å². The molecule has 9 rings (SSSR count). The highest BCUT2D eigenvalue weighted by Crippen LogP contribution is 2.45. The number of fused-ring (bicyclic) bond motifs is 7. The van der Waals surface area contributed by atoms with Crippen LogP contribution in [0.1, 0.15) is 37.7 Å². The lowest BCUT2D eigenvalue weighted by molar-refractivity contribution is 0.107. The van der Waals surface area contributed by atoms with Gasteiger partial charge in [0.25, 0.3) is 0 Å². The molecule has 0 spiro atoms. The van der Waals surface area contributed by atoms with E-state index in [9.17, 15) is 9.50 Å². The Morgan fingerprint density at radius 1 is 1.18 bits per heavy atom. The number of ether oxygens (including phenoxy) is 2. The van der Waals surface area contributed by atoms with Gasteiger partial charge >= 0.3 is 6.01 Å². The van der Waals surface area contributed by atoms with E-state index in [-0.39, 0.29) is 53.6 Å².